The van der Waals surface area contributed by atoms with E-state index in [0.717, 1.165) is 11.1 Å². The number of carbonyl (C=O) groups excluding carboxylic acids is 2. The molecule has 0 saturated carbocycles. The van der Waals surface area contributed by atoms with Gasteiger partial charge in [0.05, 0.1) is 24.9 Å². The van der Waals surface area contributed by atoms with Gasteiger partial charge in [-0.3, -0.25) is 14.5 Å². The first-order chi connectivity index (χ1) is 10.1. The molecule has 0 bridgehead atoms. The van der Waals surface area contributed by atoms with E-state index < -0.39 is 11.7 Å². The van der Waals surface area contributed by atoms with Gasteiger partial charge in [0.15, 0.2) is 0 Å². The lowest BCUT2D eigenvalue weighted by Gasteiger charge is -2.19. The van der Waals surface area contributed by atoms with Crippen molar-refractivity contribution >= 4 is 17.4 Å². The molecule has 2 aromatic rings. The van der Waals surface area contributed by atoms with Crippen molar-refractivity contribution in [1.29, 1.82) is 0 Å². The Labute approximate surface area is 122 Å². The number of para-hydroxylation sites is 1. The highest BCUT2D eigenvalue weighted by Gasteiger charge is 2.37. The van der Waals surface area contributed by atoms with Gasteiger partial charge in [-0.2, -0.15) is 0 Å². The molecule has 0 fully saturated rings. The Bertz CT molecular complexity index is 740. The summed E-state index contributed by atoms with van der Waals surface area (Å²) in [5.41, 5.74) is 2.80. The summed E-state index contributed by atoms with van der Waals surface area (Å²) < 4.78 is 5.20. The summed E-state index contributed by atoms with van der Waals surface area (Å²) >= 11 is 0. The molecule has 1 amide bonds. The van der Waals surface area contributed by atoms with E-state index in [-0.39, 0.29) is 6.54 Å². The second-order valence-electron chi connectivity index (χ2n) is 4.86. The van der Waals surface area contributed by atoms with Crippen molar-refractivity contribution in [2.24, 2.45) is 0 Å². The van der Waals surface area contributed by atoms with Crippen molar-refractivity contribution in [2.45, 2.75) is 13.5 Å². The SMILES string of the molecule is COc1ncccc1CN1C(=O)C(=O)c2cccc(C)c21. The summed E-state index contributed by atoms with van der Waals surface area (Å²) in [7, 11) is 1.53. The van der Waals surface area contributed by atoms with E-state index in [2.05, 4.69) is 4.98 Å². The van der Waals surface area contributed by atoms with Crippen molar-refractivity contribution in [3.63, 3.8) is 0 Å². The first-order valence-electron chi connectivity index (χ1n) is 6.57. The van der Waals surface area contributed by atoms with Crippen LogP contribution < -0.4 is 9.64 Å². The molecule has 1 aliphatic heterocycles. The minimum absolute atomic E-state index is 0.263. The van der Waals surface area contributed by atoms with Crippen LogP contribution in [0.2, 0.25) is 0 Å². The van der Waals surface area contributed by atoms with Crippen LogP contribution in [0, 0.1) is 6.92 Å². The number of pyridine rings is 1. The quantitative estimate of drug-likeness (QED) is 0.809. The molecule has 21 heavy (non-hydrogen) atoms. The number of amides is 1. The number of nitrogens with zero attached hydrogens (tertiary/aromatic N) is 2. The van der Waals surface area contributed by atoms with E-state index in [1.165, 1.54) is 12.0 Å². The number of hydrogen-bond donors (Lipinski definition) is 0. The Morgan fingerprint density at radius 2 is 2.00 bits per heavy atom. The molecule has 3 rings (SSSR count). The van der Waals surface area contributed by atoms with Crippen molar-refractivity contribution < 1.29 is 14.3 Å². The van der Waals surface area contributed by atoms with Crippen LogP contribution in [-0.2, 0) is 11.3 Å². The van der Waals surface area contributed by atoms with E-state index >= 15 is 0 Å². The Morgan fingerprint density at radius 1 is 1.19 bits per heavy atom. The van der Waals surface area contributed by atoms with E-state index in [0.29, 0.717) is 17.1 Å². The van der Waals surface area contributed by atoms with Gasteiger partial charge in [-0.15, -0.1) is 0 Å². The van der Waals surface area contributed by atoms with Crippen LogP contribution in [-0.4, -0.2) is 23.8 Å². The van der Waals surface area contributed by atoms with Crippen LogP contribution in [0.25, 0.3) is 0 Å². The van der Waals surface area contributed by atoms with Gasteiger partial charge in [0, 0.05) is 11.8 Å². The number of anilines is 1. The highest BCUT2D eigenvalue weighted by molar-refractivity contribution is 6.52. The molecule has 0 unspecified atom stereocenters. The molecule has 0 radical (unpaired) electrons. The van der Waals surface area contributed by atoms with E-state index in [1.54, 1.807) is 24.4 Å². The molecule has 1 aromatic carbocycles. The van der Waals surface area contributed by atoms with Crippen molar-refractivity contribution in [3.8, 4) is 5.88 Å². The summed E-state index contributed by atoms with van der Waals surface area (Å²) in [4.78, 5) is 29.9. The van der Waals surface area contributed by atoms with Crippen LogP contribution in [0.15, 0.2) is 36.5 Å². The normalized spacial score (nSPS) is 13.5. The molecule has 0 saturated heterocycles. The van der Waals surface area contributed by atoms with Crippen LogP contribution in [0.5, 0.6) is 5.88 Å². The molecule has 0 spiro atoms. The van der Waals surface area contributed by atoms with Gasteiger partial charge >= 0.3 is 0 Å². The molecule has 106 valence electrons. The standard InChI is InChI=1S/C16H14N2O3/c1-10-5-3-7-12-13(10)18(16(20)14(12)19)9-11-6-4-8-17-15(11)21-2/h3-8H,9H2,1-2H3. The number of benzene rings is 1. The van der Waals surface area contributed by atoms with E-state index in [1.807, 2.05) is 19.1 Å². The number of Topliss-reactive ketones (excluding diaryl/α,β-unsaturated/α-hetero) is 1. The first-order valence-corrected chi connectivity index (χ1v) is 6.57. The van der Waals surface area contributed by atoms with Crippen LogP contribution in [0.3, 0.4) is 0 Å². The maximum Gasteiger partial charge on any atom is 0.299 e. The molecule has 0 atom stereocenters. The van der Waals surface area contributed by atoms with E-state index in [4.69, 9.17) is 4.74 Å². The second-order valence-corrected chi connectivity index (χ2v) is 4.86. The number of aromatic nitrogens is 1. The average Bonchev–Trinajstić information content (AvgIpc) is 2.74. The Morgan fingerprint density at radius 3 is 2.76 bits per heavy atom. The third-order valence-corrected chi connectivity index (χ3v) is 3.56. The third kappa shape index (κ3) is 2.07. The monoisotopic (exact) mass is 282 g/mol. The molecule has 5 heteroatoms. The zero-order valence-corrected chi connectivity index (χ0v) is 11.8. The predicted molar refractivity (Wildman–Crippen MR) is 77.5 cm³/mol. The number of ether oxygens (including phenoxy) is 1. The number of hydrogen-bond acceptors (Lipinski definition) is 4. The maximum atomic E-state index is 12.2. The lowest BCUT2D eigenvalue weighted by atomic mass is 10.1. The number of ketones is 1. The molecule has 1 aromatic heterocycles. The summed E-state index contributed by atoms with van der Waals surface area (Å²) in [5, 5.41) is 0. The summed E-state index contributed by atoms with van der Waals surface area (Å²) in [6.07, 6.45) is 1.62. The lowest BCUT2D eigenvalue weighted by Crippen LogP contribution is -2.29. The molecule has 0 N–H and O–H groups in total. The number of methoxy groups -OCH3 is 1. The van der Waals surface area contributed by atoms with Gasteiger partial charge in [0.25, 0.3) is 11.7 Å². The Balaban J connectivity index is 2.04. The van der Waals surface area contributed by atoms with Gasteiger partial charge in [-0.25, -0.2) is 4.98 Å². The Hall–Kier alpha value is -2.69. The van der Waals surface area contributed by atoms with Gasteiger partial charge in [-0.05, 0) is 24.6 Å². The van der Waals surface area contributed by atoms with Crippen molar-refractivity contribution in [1.82, 2.24) is 4.98 Å². The maximum absolute atomic E-state index is 12.2. The fraction of sp³-hybridized carbons (Fsp3) is 0.188. The molecule has 0 aliphatic carbocycles. The smallest absolute Gasteiger partial charge is 0.299 e. The third-order valence-electron chi connectivity index (χ3n) is 3.56. The second kappa shape index (κ2) is 5.01. The van der Waals surface area contributed by atoms with Crippen LogP contribution >= 0.6 is 0 Å². The number of carbonyl (C=O) groups is 2. The van der Waals surface area contributed by atoms with Gasteiger partial charge in [0.1, 0.15) is 0 Å². The minimum atomic E-state index is -0.509. The molecular weight excluding hydrogens is 268 g/mol. The highest BCUT2D eigenvalue weighted by Crippen LogP contribution is 2.34. The number of rotatable bonds is 3. The largest absolute Gasteiger partial charge is 0.481 e. The zero-order chi connectivity index (χ0) is 15.0. The fourth-order valence-corrected chi connectivity index (χ4v) is 2.59. The lowest BCUT2D eigenvalue weighted by molar-refractivity contribution is -0.114. The van der Waals surface area contributed by atoms with Crippen LogP contribution in [0.4, 0.5) is 5.69 Å². The summed E-state index contributed by atoms with van der Waals surface area (Å²) in [6, 6.07) is 8.97. The summed E-state index contributed by atoms with van der Waals surface area (Å²) in [6.45, 7) is 2.15. The average molecular weight is 282 g/mol. The number of aryl methyl sites for hydroxylation is 1. The van der Waals surface area contributed by atoms with Gasteiger partial charge in [-0.1, -0.05) is 18.2 Å². The predicted octanol–water partition coefficient (Wildman–Crippen LogP) is 2.13. The van der Waals surface area contributed by atoms with Crippen LogP contribution in [0.1, 0.15) is 21.5 Å². The highest BCUT2D eigenvalue weighted by atomic mass is 16.5. The fourth-order valence-electron chi connectivity index (χ4n) is 2.59. The zero-order valence-electron chi connectivity index (χ0n) is 11.8. The van der Waals surface area contributed by atoms with E-state index in [9.17, 15) is 9.59 Å². The molecule has 1 aliphatic rings. The topological polar surface area (TPSA) is 59.5 Å². The molecule has 2 heterocycles. The first kappa shape index (κ1) is 13.3. The molecular formula is C16H14N2O3. The van der Waals surface area contributed by atoms with Gasteiger partial charge in [0.2, 0.25) is 5.88 Å². The Kier molecular flexibility index (Phi) is 3.17. The van der Waals surface area contributed by atoms with Gasteiger partial charge < -0.3 is 4.74 Å². The summed E-state index contributed by atoms with van der Waals surface area (Å²) in [5.74, 6) is -0.512. The van der Waals surface area contributed by atoms with Crippen molar-refractivity contribution in [2.75, 3.05) is 12.0 Å². The minimum Gasteiger partial charge on any atom is -0.481 e. The molecule has 5 nitrogen and oxygen atoms in total. The number of fused-ring (bicyclic) bond motifs is 1. The van der Waals surface area contributed by atoms with Crippen molar-refractivity contribution in [3.05, 3.63) is 53.2 Å².